The van der Waals surface area contributed by atoms with Crippen LogP contribution >= 0.6 is 0 Å². The van der Waals surface area contributed by atoms with Gasteiger partial charge in [0.25, 0.3) is 17.7 Å². The normalized spacial score (nSPS) is 24.1. The third-order valence-electron chi connectivity index (χ3n) is 13.8. The van der Waals surface area contributed by atoms with E-state index in [-0.39, 0.29) is 41.7 Å². The minimum absolute atomic E-state index is 0.0915. The molecule has 0 spiro atoms. The monoisotopic (exact) mass is 813 g/mol. The number of nitrogens with one attached hydrogen (secondary N) is 2. The van der Waals surface area contributed by atoms with Gasteiger partial charge in [-0.3, -0.25) is 39.1 Å². The van der Waals surface area contributed by atoms with Crippen LogP contribution in [-0.2, 0) is 9.59 Å². The molecule has 60 heavy (non-hydrogen) atoms. The number of nitriles is 1. The number of rotatable bonds is 9. The lowest BCUT2D eigenvalue weighted by Gasteiger charge is -2.63. The molecule has 8 rings (SSSR count). The average Bonchev–Trinajstić information content (AvgIpc) is 3.47. The van der Waals surface area contributed by atoms with Crippen molar-refractivity contribution in [3.8, 4) is 11.8 Å². The van der Waals surface area contributed by atoms with Crippen molar-refractivity contribution in [3.05, 3.63) is 88.0 Å². The molecule has 3 saturated heterocycles. The molecule has 314 valence electrons. The molecule has 1 saturated carbocycles. The van der Waals surface area contributed by atoms with E-state index in [1.54, 1.807) is 12.1 Å². The molecule has 2 N–H and O–H groups in total. The number of carbonyl (C=O) groups excluding carboxylic acids is 5. The van der Waals surface area contributed by atoms with E-state index in [0.29, 0.717) is 28.2 Å². The van der Waals surface area contributed by atoms with E-state index in [2.05, 4.69) is 71.2 Å². The number of anilines is 2. The van der Waals surface area contributed by atoms with Crippen molar-refractivity contribution in [2.45, 2.75) is 85.4 Å². The fraction of sp³-hybridized carbons (Fsp3) is 0.489. The SMILES string of the molecule is Cc1cc(OC2C(C)(C)C(NC(=O)c3ccc(N4CCC(CN5CCN(c6ccc7c(c6)C(=O)N(C6CCC(=O)NC6=O)C7=O)CC5)CC4)cc3)C2(C)C)cc(C)c1C#N. The van der Waals surface area contributed by atoms with E-state index in [1.807, 2.05) is 44.2 Å². The Morgan fingerprint density at radius 1 is 0.800 bits per heavy atom. The molecule has 1 aliphatic carbocycles. The van der Waals surface area contributed by atoms with Gasteiger partial charge in [0.15, 0.2) is 0 Å². The van der Waals surface area contributed by atoms with E-state index in [0.717, 1.165) is 91.8 Å². The van der Waals surface area contributed by atoms with Gasteiger partial charge in [-0.2, -0.15) is 5.26 Å². The molecule has 4 heterocycles. The van der Waals surface area contributed by atoms with Gasteiger partial charge in [0.05, 0.1) is 22.8 Å². The van der Waals surface area contributed by atoms with E-state index >= 15 is 0 Å². The van der Waals surface area contributed by atoms with Crippen LogP contribution in [-0.4, -0.2) is 103 Å². The van der Waals surface area contributed by atoms with E-state index < -0.39 is 29.7 Å². The number of fused-ring (bicyclic) bond motifs is 1. The van der Waals surface area contributed by atoms with Crippen molar-refractivity contribution in [2.75, 3.05) is 55.6 Å². The second-order valence-electron chi connectivity index (χ2n) is 18.5. The van der Waals surface area contributed by atoms with Gasteiger partial charge in [-0.15, -0.1) is 0 Å². The standard InChI is InChI=1S/C47H55N7O6/c1-28-23-34(24-29(2)37(28)26-48)60-45-46(3,4)44(47(45,5)6)50-40(56)31-7-9-32(10-8-31)52-17-15-30(16-18-52)27-51-19-21-53(22-20-51)33-11-12-35-36(25-33)43(59)54(42(35)58)38-13-14-39(55)49-41(38)57/h7-12,23-25,30,38,44-45H,13-22,27H2,1-6H3,(H,50,56)(H,49,55,57). The number of hydrogen-bond acceptors (Lipinski definition) is 10. The van der Waals surface area contributed by atoms with Gasteiger partial charge < -0.3 is 19.9 Å². The fourth-order valence-electron chi connectivity index (χ4n) is 10.7. The van der Waals surface area contributed by atoms with Crippen LogP contribution in [0.25, 0.3) is 0 Å². The topological polar surface area (TPSA) is 155 Å². The predicted octanol–water partition coefficient (Wildman–Crippen LogP) is 5.23. The molecule has 0 aromatic heterocycles. The quantitative estimate of drug-likeness (QED) is 0.275. The highest BCUT2D eigenvalue weighted by atomic mass is 16.5. The van der Waals surface area contributed by atoms with Gasteiger partial charge in [0.1, 0.15) is 17.9 Å². The van der Waals surface area contributed by atoms with Gasteiger partial charge in [0, 0.05) is 86.0 Å². The summed E-state index contributed by atoms with van der Waals surface area (Å²) >= 11 is 0. The molecule has 5 amide bonds. The average molecular weight is 814 g/mol. The lowest BCUT2D eigenvalue weighted by Crippen LogP contribution is -2.74. The van der Waals surface area contributed by atoms with Gasteiger partial charge >= 0.3 is 0 Å². The lowest BCUT2D eigenvalue weighted by atomic mass is 9.49. The molecule has 3 aromatic carbocycles. The number of aryl methyl sites for hydroxylation is 2. The summed E-state index contributed by atoms with van der Waals surface area (Å²) in [7, 11) is 0. The summed E-state index contributed by atoms with van der Waals surface area (Å²) in [5.41, 5.74) is 5.09. The first-order valence-electron chi connectivity index (χ1n) is 21.2. The molecule has 1 unspecified atom stereocenters. The molecule has 5 aliphatic rings. The molecular weight excluding hydrogens is 759 g/mol. The summed E-state index contributed by atoms with van der Waals surface area (Å²) < 4.78 is 6.55. The number of ether oxygens (including phenoxy) is 1. The zero-order chi connectivity index (χ0) is 42.7. The van der Waals surface area contributed by atoms with Crippen molar-refractivity contribution < 1.29 is 28.7 Å². The number of hydrogen-bond donors (Lipinski definition) is 2. The molecule has 0 bridgehead atoms. The molecule has 3 aromatic rings. The zero-order valence-electron chi connectivity index (χ0n) is 35.5. The number of piperidine rings is 2. The Labute approximate surface area is 352 Å². The molecule has 0 radical (unpaired) electrons. The largest absolute Gasteiger partial charge is 0.489 e. The molecule has 4 aliphatic heterocycles. The highest BCUT2D eigenvalue weighted by Gasteiger charge is 2.64. The summed E-state index contributed by atoms with van der Waals surface area (Å²) in [5.74, 6) is -0.725. The van der Waals surface area contributed by atoms with Crippen LogP contribution in [0.5, 0.6) is 5.75 Å². The van der Waals surface area contributed by atoms with Crippen LogP contribution in [0.4, 0.5) is 11.4 Å². The van der Waals surface area contributed by atoms with Gasteiger partial charge in [0.2, 0.25) is 11.8 Å². The van der Waals surface area contributed by atoms with E-state index in [1.165, 1.54) is 0 Å². The Morgan fingerprint density at radius 2 is 1.40 bits per heavy atom. The van der Waals surface area contributed by atoms with Gasteiger partial charge in [-0.25, -0.2) is 0 Å². The maximum Gasteiger partial charge on any atom is 0.262 e. The predicted molar refractivity (Wildman–Crippen MR) is 227 cm³/mol. The second kappa shape index (κ2) is 15.7. The summed E-state index contributed by atoms with van der Waals surface area (Å²) in [4.78, 5) is 72.3. The van der Waals surface area contributed by atoms with Crippen molar-refractivity contribution in [1.82, 2.24) is 20.4 Å². The molecular formula is C47H55N7O6. The Kier molecular flexibility index (Phi) is 10.7. The van der Waals surface area contributed by atoms with Crippen LogP contribution < -0.4 is 25.2 Å². The minimum atomic E-state index is -0.973. The van der Waals surface area contributed by atoms with Crippen LogP contribution in [0.3, 0.4) is 0 Å². The number of carbonyl (C=O) groups is 5. The first-order chi connectivity index (χ1) is 28.6. The van der Waals surface area contributed by atoms with Crippen molar-refractivity contribution in [2.24, 2.45) is 16.7 Å². The third-order valence-corrected chi connectivity index (χ3v) is 13.8. The smallest absolute Gasteiger partial charge is 0.262 e. The Bertz CT molecular complexity index is 2240. The lowest BCUT2D eigenvalue weighted by molar-refractivity contribution is -0.164. The van der Waals surface area contributed by atoms with Crippen LogP contribution in [0, 0.1) is 41.9 Å². The first kappa shape index (κ1) is 41.0. The number of piperazine rings is 1. The fourth-order valence-corrected chi connectivity index (χ4v) is 10.7. The number of nitrogens with zero attached hydrogens (tertiary/aromatic N) is 5. The Balaban J connectivity index is 0.792. The number of benzene rings is 3. The third kappa shape index (κ3) is 7.40. The molecule has 1 atom stereocenters. The molecule has 4 fully saturated rings. The van der Waals surface area contributed by atoms with E-state index in [4.69, 9.17) is 4.74 Å². The van der Waals surface area contributed by atoms with E-state index in [9.17, 15) is 29.2 Å². The zero-order valence-corrected chi connectivity index (χ0v) is 35.5. The summed E-state index contributed by atoms with van der Waals surface area (Å²) in [6.07, 6.45) is 2.28. The maximum absolute atomic E-state index is 13.6. The van der Waals surface area contributed by atoms with Crippen LogP contribution in [0.15, 0.2) is 54.6 Å². The second-order valence-corrected chi connectivity index (χ2v) is 18.5. The van der Waals surface area contributed by atoms with Crippen LogP contribution in [0.2, 0.25) is 0 Å². The van der Waals surface area contributed by atoms with Crippen molar-refractivity contribution in [3.63, 3.8) is 0 Å². The number of imide groups is 2. The Morgan fingerprint density at radius 3 is 2.02 bits per heavy atom. The highest BCUT2D eigenvalue weighted by Crippen LogP contribution is 2.55. The Hall–Kier alpha value is -5.74. The summed E-state index contributed by atoms with van der Waals surface area (Å²) in [6.45, 7) is 18.7. The van der Waals surface area contributed by atoms with Crippen LogP contribution in [0.1, 0.15) is 101 Å². The van der Waals surface area contributed by atoms with Gasteiger partial charge in [-0.1, -0.05) is 27.7 Å². The van der Waals surface area contributed by atoms with Crippen molar-refractivity contribution >= 4 is 40.9 Å². The van der Waals surface area contributed by atoms with Crippen molar-refractivity contribution in [1.29, 1.82) is 5.26 Å². The molecule has 13 heteroatoms. The highest BCUT2D eigenvalue weighted by molar-refractivity contribution is 6.23. The molecule has 13 nitrogen and oxygen atoms in total. The number of amides is 5. The maximum atomic E-state index is 13.6. The van der Waals surface area contributed by atoms with Gasteiger partial charge in [-0.05, 0) is 105 Å². The summed E-state index contributed by atoms with van der Waals surface area (Å²) in [5, 5.41) is 15.1. The minimum Gasteiger partial charge on any atom is -0.489 e. The first-order valence-corrected chi connectivity index (χ1v) is 21.2. The summed E-state index contributed by atoms with van der Waals surface area (Å²) in [6, 6.07) is 18.4.